The number of carbonyl (C=O) groups is 3. The molecule has 0 aromatic heterocycles. The molecule has 2 aromatic rings. The maximum atomic E-state index is 11.9. The summed E-state index contributed by atoms with van der Waals surface area (Å²) in [6.45, 7) is 21.5. The van der Waals surface area contributed by atoms with E-state index in [1.165, 1.54) is 37.1 Å². The Labute approximate surface area is 258 Å². The molecular formula is C36H52O7. The van der Waals surface area contributed by atoms with Crippen LogP contribution in [-0.4, -0.2) is 41.3 Å². The van der Waals surface area contributed by atoms with Gasteiger partial charge in [0.1, 0.15) is 5.76 Å². The first kappa shape index (κ1) is 37.4. The molecule has 7 nitrogen and oxygen atoms in total. The molecule has 1 aliphatic rings. The molecule has 0 atom stereocenters. The highest BCUT2D eigenvalue weighted by atomic mass is 16.5. The summed E-state index contributed by atoms with van der Waals surface area (Å²) in [6.07, 6.45) is 4.64. The largest absolute Gasteiger partial charge is 0.508 e. The molecule has 0 amide bonds. The van der Waals surface area contributed by atoms with E-state index < -0.39 is 5.97 Å². The molecule has 3 rings (SSSR count). The van der Waals surface area contributed by atoms with Gasteiger partial charge in [-0.3, -0.25) is 0 Å². The van der Waals surface area contributed by atoms with Crippen molar-refractivity contribution in [2.75, 3.05) is 13.2 Å². The van der Waals surface area contributed by atoms with Crippen molar-refractivity contribution >= 4 is 23.7 Å². The second kappa shape index (κ2) is 18.1. The monoisotopic (exact) mass is 596 g/mol. The van der Waals surface area contributed by atoms with E-state index in [0.717, 1.165) is 30.6 Å². The topological polar surface area (TPSA) is 110 Å². The maximum Gasteiger partial charge on any atom is 0.338 e. The molecule has 0 radical (unpaired) electrons. The molecule has 238 valence electrons. The molecule has 2 aromatic carbocycles. The third kappa shape index (κ3) is 15.4. The van der Waals surface area contributed by atoms with Crippen LogP contribution in [0.1, 0.15) is 118 Å². The van der Waals surface area contributed by atoms with Crippen LogP contribution in [0.2, 0.25) is 0 Å². The number of aromatic carboxylic acids is 1. The number of esters is 2. The average Bonchev–Trinajstić information content (AvgIpc) is 2.95. The van der Waals surface area contributed by atoms with Crippen LogP contribution in [0.25, 0.3) is 5.76 Å². The number of aliphatic hydroxyl groups excluding tert-OH is 1. The fourth-order valence-electron chi connectivity index (χ4n) is 3.69. The molecule has 1 aliphatic carbocycles. The number of hydrogen-bond donors (Lipinski definition) is 2. The van der Waals surface area contributed by atoms with E-state index in [2.05, 4.69) is 41.2 Å². The van der Waals surface area contributed by atoms with E-state index in [0.29, 0.717) is 35.8 Å². The van der Waals surface area contributed by atoms with Crippen molar-refractivity contribution in [2.45, 2.75) is 81.1 Å². The first-order valence-corrected chi connectivity index (χ1v) is 15.2. The van der Waals surface area contributed by atoms with E-state index >= 15 is 0 Å². The summed E-state index contributed by atoms with van der Waals surface area (Å²) in [5.41, 5.74) is 1.59. The second-order valence-electron chi connectivity index (χ2n) is 13.3. The maximum absolute atomic E-state index is 11.9. The minimum absolute atomic E-state index is 0.0143. The van der Waals surface area contributed by atoms with Gasteiger partial charge in [-0.15, -0.1) is 0 Å². The molecule has 0 aliphatic heterocycles. The standard InChI is InChI=1S/C16H20O4.C14H18O3.C6H14/c1-11-2-4-12(5-3-11)10-20-16(19)14-8-6-13(7-9-14)15(17)18;1-10(15)11-5-7-12(8-6-11)13(16)17-9-14(2,3)4;1-5(2)6(3)4/h6-9,11-12H,2-5,10H2,1H3,(H,17,18);5-8,15H,1,9H2,2-4H3;5-6H,1-4H3. The summed E-state index contributed by atoms with van der Waals surface area (Å²) in [7, 11) is 0. The smallest absolute Gasteiger partial charge is 0.338 e. The normalized spacial score (nSPS) is 16.2. The Hall–Kier alpha value is -3.61. The number of carboxylic acid groups (broad SMARTS) is 1. The first-order chi connectivity index (χ1) is 20.0. The van der Waals surface area contributed by atoms with Gasteiger partial charge >= 0.3 is 17.9 Å². The van der Waals surface area contributed by atoms with E-state index in [1.54, 1.807) is 24.3 Å². The van der Waals surface area contributed by atoms with Gasteiger partial charge in [0.2, 0.25) is 0 Å². The molecule has 1 saturated carbocycles. The lowest BCUT2D eigenvalue weighted by molar-refractivity contribution is 0.0365. The summed E-state index contributed by atoms with van der Waals surface area (Å²) < 4.78 is 10.5. The first-order valence-electron chi connectivity index (χ1n) is 15.2. The minimum atomic E-state index is -0.999. The van der Waals surface area contributed by atoms with Crippen molar-refractivity contribution in [3.8, 4) is 0 Å². The fourth-order valence-corrected chi connectivity index (χ4v) is 3.69. The predicted octanol–water partition coefficient (Wildman–Crippen LogP) is 9.08. The third-order valence-electron chi connectivity index (χ3n) is 7.38. The molecule has 43 heavy (non-hydrogen) atoms. The fraction of sp³-hybridized carbons (Fsp3) is 0.528. The Balaban J connectivity index is 0.000000366. The third-order valence-corrected chi connectivity index (χ3v) is 7.38. The van der Waals surface area contributed by atoms with Gasteiger partial charge < -0.3 is 19.7 Å². The van der Waals surface area contributed by atoms with Crippen molar-refractivity contribution in [1.29, 1.82) is 0 Å². The van der Waals surface area contributed by atoms with Crippen LogP contribution in [0.5, 0.6) is 0 Å². The van der Waals surface area contributed by atoms with Crippen LogP contribution in [0.3, 0.4) is 0 Å². The van der Waals surface area contributed by atoms with Gasteiger partial charge in [-0.05, 0) is 78.3 Å². The number of ether oxygens (including phenoxy) is 2. The van der Waals surface area contributed by atoms with Crippen molar-refractivity contribution in [1.82, 2.24) is 0 Å². The molecular weight excluding hydrogens is 544 g/mol. The van der Waals surface area contributed by atoms with Crippen LogP contribution in [0, 0.1) is 29.1 Å². The molecule has 0 heterocycles. The minimum Gasteiger partial charge on any atom is -0.508 e. The highest BCUT2D eigenvalue weighted by Crippen LogP contribution is 2.28. The van der Waals surface area contributed by atoms with Crippen molar-refractivity contribution in [2.24, 2.45) is 29.1 Å². The van der Waals surface area contributed by atoms with Crippen molar-refractivity contribution < 1.29 is 34.1 Å². The Morgan fingerprint density at radius 2 is 1.14 bits per heavy atom. The zero-order chi connectivity index (χ0) is 32.7. The van der Waals surface area contributed by atoms with E-state index in [4.69, 9.17) is 19.7 Å². The van der Waals surface area contributed by atoms with E-state index in [9.17, 15) is 14.4 Å². The summed E-state index contributed by atoms with van der Waals surface area (Å²) >= 11 is 0. The Morgan fingerprint density at radius 1 is 0.744 bits per heavy atom. The van der Waals surface area contributed by atoms with Crippen molar-refractivity contribution in [3.05, 3.63) is 77.4 Å². The lowest BCUT2D eigenvalue weighted by Crippen LogP contribution is -2.19. The van der Waals surface area contributed by atoms with Gasteiger partial charge in [0.15, 0.2) is 0 Å². The van der Waals surface area contributed by atoms with Crippen LogP contribution >= 0.6 is 0 Å². The Bertz CT molecular complexity index is 1140. The summed E-state index contributed by atoms with van der Waals surface area (Å²) in [5, 5.41) is 17.9. The van der Waals surface area contributed by atoms with Crippen LogP contribution in [-0.2, 0) is 9.47 Å². The zero-order valence-corrected chi connectivity index (χ0v) is 27.3. The van der Waals surface area contributed by atoms with Crippen LogP contribution < -0.4 is 0 Å². The molecule has 0 saturated heterocycles. The van der Waals surface area contributed by atoms with Gasteiger partial charge in [0.05, 0.1) is 29.9 Å². The summed E-state index contributed by atoms with van der Waals surface area (Å²) in [4.78, 5) is 34.3. The molecule has 2 N–H and O–H groups in total. The molecule has 0 unspecified atom stereocenters. The van der Waals surface area contributed by atoms with Gasteiger partial charge in [-0.2, -0.15) is 0 Å². The number of carbonyl (C=O) groups excluding carboxylic acids is 2. The number of rotatable bonds is 8. The number of carboxylic acids is 1. The average molecular weight is 597 g/mol. The lowest BCUT2D eigenvalue weighted by atomic mass is 9.83. The zero-order valence-electron chi connectivity index (χ0n) is 27.3. The van der Waals surface area contributed by atoms with Gasteiger partial charge in [0.25, 0.3) is 0 Å². The predicted molar refractivity (Wildman–Crippen MR) is 172 cm³/mol. The lowest BCUT2D eigenvalue weighted by Gasteiger charge is -2.25. The van der Waals surface area contributed by atoms with E-state index in [-0.39, 0.29) is 28.7 Å². The molecule has 0 bridgehead atoms. The van der Waals surface area contributed by atoms with Crippen LogP contribution in [0.4, 0.5) is 0 Å². The quantitative estimate of drug-likeness (QED) is 0.231. The van der Waals surface area contributed by atoms with Gasteiger partial charge in [-0.1, -0.05) is 86.9 Å². The summed E-state index contributed by atoms with van der Waals surface area (Å²) in [5.74, 6) is 1.21. The molecule has 1 fully saturated rings. The Kier molecular flexibility index (Phi) is 15.8. The second-order valence-corrected chi connectivity index (χ2v) is 13.3. The molecule has 7 heteroatoms. The van der Waals surface area contributed by atoms with Gasteiger partial charge in [0, 0.05) is 5.56 Å². The van der Waals surface area contributed by atoms with Crippen LogP contribution in [0.15, 0.2) is 55.1 Å². The van der Waals surface area contributed by atoms with Crippen molar-refractivity contribution in [3.63, 3.8) is 0 Å². The van der Waals surface area contributed by atoms with E-state index in [1.807, 2.05) is 20.8 Å². The SMILES string of the molecule is C=C(O)c1ccc(C(=O)OCC(C)(C)C)cc1.CC(C)C(C)C.CC1CCC(COC(=O)c2ccc(C(=O)O)cc2)CC1. The highest BCUT2D eigenvalue weighted by Gasteiger charge is 2.20. The van der Waals surface area contributed by atoms with Gasteiger partial charge in [-0.25, -0.2) is 14.4 Å². The summed E-state index contributed by atoms with van der Waals surface area (Å²) in [6, 6.07) is 12.3. The number of hydrogen-bond acceptors (Lipinski definition) is 6. The highest BCUT2D eigenvalue weighted by molar-refractivity contribution is 5.92. The molecule has 0 spiro atoms. The number of benzene rings is 2. The Morgan fingerprint density at radius 3 is 1.51 bits per heavy atom. The number of aliphatic hydroxyl groups is 1.